The van der Waals surface area contributed by atoms with E-state index >= 15 is 0 Å². The van der Waals surface area contributed by atoms with Crippen molar-refractivity contribution in [3.8, 4) is 0 Å². The van der Waals surface area contributed by atoms with E-state index in [2.05, 4.69) is 20.9 Å². The van der Waals surface area contributed by atoms with E-state index in [0.717, 1.165) is 23.5 Å². The Morgan fingerprint density at radius 3 is 2.67 bits per heavy atom. The maximum absolute atomic E-state index is 5.80. The number of hydrogen-bond donors (Lipinski definition) is 1. The molecule has 0 radical (unpaired) electrons. The molecule has 1 unspecified atom stereocenters. The predicted octanol–water partition coefficient (Wildman–Crippen LogP) is 2.13. The minimum absolute atomic E-state index is 0.0233. The zero-order valence-electron chi connectivity index (χ0n) is 10.7. The summed E-state index contributed by atoms with van der Waals surface area (Å²) in [5, 5.41) is 0. The van der Waals surface area contributed by atoms with Gasteiger partial charge >= 0.3 is 0 Å². The molecule has 0 bridgehead atoms. The second-order valence-corrected chi connectivity index (χ2v) is 4.46. The fourth-order valence-corrected chi connectivity index (χ4v) is 1.74. The van der Waals surface area contributed by atoms with Crippen LogP contribution >= 0.6 is 0 Å². The molecule has 0 aliphatic carbocycles. The summed E-state index contributed by atoms with van der Waals surface area (Å²) >= 11 is 0. The van der Waals surface area contributed by atoms with Crippen LogP contribution in [0.5, 0.6) is 0 Å². The molecule has 2 aromatic rings. The summed E-state index contributed by atoms with van der Waals surface area (Å²) in [7, 11) is 2.01. The van der Waals surface area contributed by atoms with Crippen LogP contribution < -0.4 is 10.6 Å². The van der Waals surface area contributed by atoms with Crippen molar-refractivity contribution < 1.29 is 0 Å². The summed E-state index contributed by atoms with van der Waals surface area (Å²) in [6, 6.07) is 8.03. The zero-order valence-corrected chi connectivity index (χ0v) is 10.7. The normalized spacial score (nSPS) is 12.2. The Labute approximate surface area is 107 Å². The molecule has 4 heteroatoms. The lowest BCUT2D eigenvalue weighted by atomic mass is 10.1. The summed E-state index contributed by atoms with van der Waals surface area (Å²) in [6.45, 7) is 2.74. The summed E-state index contributed by atoms with van der Waals surface area (Å²) < 4.78 is 0. The second kappa shape index (κ2) is 5.60. The van der Waals surface area contributed by atoms with Crippen LogP contribution in [-0.2, 0) is 6.54 Å². The molecule has 2 rings (SSSR count). The number of aromatic nitrogens is 2. The molecule has 1 atom stereocenters. The molecular formula is C14H18N4. The molecule has 4 nitrogen and oxygen atoms in total. The standard InChI is InChI=1S/C14H18N4/c1-11(15)13-5-6-14(17-9-13)18(2)10-12-4-3-7-16-8-12/h3-9,11H,10,15H2,1-2H3. The quantitative estimate of drug-likeness (QED) is 0.892. The van der Waals surface area contributed by atoms with Crippen molar-refractivity contribution in [1.82, 2.24) is 9.97 Å². The Morgan fingerprint density at radius 1 is 1.28 bits per heavy atom. The van der Waals surface area contributed by atoms with Gasteiger partial charge in [-0.2, -0.15) is 0 Å². The maximum Gasteiger partial charge on any atom is 0.128 e. The number of anilines is 1. The van der Waals surface area contributed by atoms with Crippen LogP contribution in [0.25, 0.3) is 0 Å². The van der Waals surface area contributed by atoms with E-state index in [0.29, 0.717) is 0 Å². The van der Waals surface area contributed by atoms with E-state index in [4.69, 9.17) is 5.73 Å². The van der Waals surface area contributed by atoms with Gasteiger partial charge in [0, 0.05) is 38.2 Å². The number of pyridine rings is 2. The molecule has 0 spiro atoms. The Hall–Kier alpha value is -1.94. The van der Waals surface area contributed by atoms with Crippen molar-refractivity contribution in [2.75, 3.05) is 11.9 Å². The van der Waals surface area contributed by atoms with E-state index < -0.39 is 0 Å². The Bertz CT molecular complexity index is 479. The van der Waals surface area contributed by atoms with Gasteiger partial charge in [0.25, 0.3) is 0 Å². The van der Waals surface area contributed by atoms with Crippen LogP contribution in [0.4, 0.5) is 5.82 Å². The van der Waals surface area contributed by atoms with Crippen molar-refractivity contribution in [2.24, 2.45) is 5.73 Å². The predicted molar refractivity (Wildman–Crippen MR) is 73.2 cm³/mol. The molecule has 2 N–H and O–H groups in total. The molecular weight excluding hydrogens is 224 g/mol. The average molecular weight is 242 g/mol. The highest BCUT2D eigenvalue weighted by Gasteiger charge is 2.05. The topological polar surface area (TPSA) is 55.0 Å². The first-order chi connectivity index (χ1) is 8.66. The molecule has 0 aliphatic rings. The first-order valence-corrected chi connectivity index (χ1v) is 5.98. The molecule has 2 aromatic heterocycles. The van der Waals surface area contributed by atoms with Gasteiger partial charge in [0.15, 0.2) is 0 Å². The largest absolute Gasteiger partial charge is 0.355 e. The van der Waals surface area contributed by atoms with Gasteiger partial charge < -0.3 is 10.6 Å². The maximum atomic E-state index is 5.80. The fourth-order valence-electron chi connectivity index (χ4n) is 1.74. The van der Waals surface area contributed by atoms with Crippen molar-refractivity contribution >= 4 is 5.82 Å². The zero-order chi connectivity index (χ0) is 13.0. The van der Waals surface area contributed by atoms with E-state index in [1.165, 1.54) is 0 Å². The van der Waals surface area contributed by atoms with Crippen molar-refractivity contribution in [3.63, 3.8) is 0 Å². The SMILES string of the molecule is CC(N)c1ccc(N(C)Cc2cccnc2)nc1. The molecule has 0 saturated heterocycles. The Kier molecular flexibility index (Phi) is 3.89. The van der Waals surface area contributed by atoms with Crippen molar-refractivity contribution in [2.45, 2.75) is 19.5 Å². The van der Waals surface area contributed by atoms with Gasteiger partial charge in [0.05, 0.1) is 0 Å². The minimum atomic E-state index is 0.0233. The molecule has 0 fully saturated rings. The van der Waals surface area contributed by atoms with Gasteiger partial charge in [-0.3, -0.25) is 4.98 Å². The molecule has 0 aliphatic heterocycles. The van der Waals surface area contributed by atoms with Crippen LogP contribution in [0, 0.1) is 0 Å². The summed E-state index contributed by atoms with van der Waals surface area (Å²) in [5.74, 6) is 0.934. The summed E-state index contributed by atoms with van der Waals surface area (Å²) in [6.07, 6.45) is 5.48. The van der Waals surface area contributed by atoms with Gasteiger partial charge in [-0.05, 0) is 30.2 Å². The van der Waals surface area contributed by atoms with Crippen LogP contribution in [-0.4, -0.2) is 17.0 Å². The molecule has 94 valence electrons. The average Bonchev–Trinajstić information content (AvgIpc) is 2.40. The highest BCUT2D eigenvalue weighted by Crippen LogP contribution is 2.15. The fraction of sp³-hybridized carbons (Fsp3) is 0.286. The third kappa shape index (κ3) is 3.05. The number of rotatable bonds is 4. The Balaban J connectivity index is 2.07. The van der Waals surface area contributed by atoms with Gasteiger partial charge in [-0.25, -0.2) is 4.98 Å². The summed E-state index contributed by atoms with van der Waals surface area (Å²) in [5.41, 5.74) is 8.02. The lowest BCUT2D eigenvalue weighted by molar-refractivity contribution is 0.807. The highest BCUT2D eigenvalue weighted by molar-refractivity contribution is 5.39. The minimum Gasteiger partial charge on any atom is -0.355 e. The van der Waals surface area contributed by atoms with Crippen LogP contribution in [0.2, 0.25) is 0 Å². The third-order valence-electron chi connectivity index (χ3n) is 2.83. The molecule has 2 heterocycles. The number of hydrogen-bond acceptors (Lipinski definition) is 4. The van der Waals surface area contributed by atoms with E-state index in [-0.39, 0.29) is 6.04 Å². The first kappa shape index (κ1) is 12.5. The van der Waals surface area contributed by atoms with Gasteiger partial charge in [0.2, 0.25) is 0 Å². The van der Waals surface area contributed by atoms with Crippen LogP contribution in [0.1, 0.15) is 24.1 Å². The smallest absolute Gasteiger partial charge is 0.128 e. The van der Waals surface area contributed by atoms with Crippen molar-refractivity contribution in [1.29, 1.82) is 0 Å². The third-order valence-corrected chi connectivity index (χ3v) is 2.83. The number of nitrogens with zero attached hydrogens (tertiary/aromatic N) is 3. The van der Waals surface area contributed by atoms with Gasteiger partial charge in [-0.1, -0.05) is 12.1 Å². The van der Waals surface area contributed by atoms with E-state index in [1.807, 2.05) is 44.6 Å². The second-order valence-electron chi connectivity index (χ2n) is 4.46. The lowest BCUT2D eigenvalue weighted by Crippen LogP contribution is -2.18. The number of nitrogens with two attached hydrogens (primary N) is 1. The molecule has 0 saturated carbocycles. The molecule has 0 amide bonds. The monoisotopic (exact) mass is 242 g/mol. The van der Waals surface area contributed by atoms with Crippen LogP contribution in [0.3, 0.4) is 0 Å². The van der Waals surface area contributed by atoms with E-state index in [9.17, 15) is 0 Å². The molecule has 0 aromatic carbocycles. The summed E-state index contributed by atoms with van der Waals surface area (Å²) in [4.78, 5) is 10.6. The van der Waals surface area contributed by atoms with Crippen molar-refractivity contribution in [3.05, 3.63) is 54.0 Å². The first-order valence-electron chi connectivity index (χ1n) is 5.98. The highest BCUT2D eigenvalue weighted by atomic mass is 15.2. The molecule has 18 heavy (non-hydrogen) atoms. The lowest BCUT2D eigenvalue weighted by Gasteiger charge is -2.18. The van der Waals surface area contributed by atoms with Gasteiger partial charge in [0.1, 0.15) is 5.82 Å². The van der Waals surface area contributed by atoms with Crippen LogP contribution in [0.15, 0.2) is 42.9 Å². The Morgan fingerprint density at radius 2 is 2.11 bits per heavy atom. The van der Waals surface area contributed by atoms with Gasteiger partial charge in [-0.15, -0.1) is 0 Å². The van der Waals surface area contributed by atoms with E-state index in [1.54, 1.807) is 6.20 Å².